The molecule has 1 aromatic carbocycles. The first-order chi connectivity index (χ1) is 11.0. The highest BCUT2D eigenvalue weighted by atomic mass is 79.9. The van der Waals surface area contributed by atoms with Crippen LogP contribution >= 0.6 is 15.9 Å². The van der Waals surface area contributed by atoms with E-state index in [1.165, 1.54) is 11.8 Å². The average Bonchev–Trinajstić information content (AvgIpc) is 2.94. The molecule has 0 saturated carbocycles. The predicted molar refractivity (Wildman–Crippen MR) is 86.3 cm³/mol. The Balaban J connectivity index is 2.26. The van der Waals surface area contributed by atoms with Crippen LogP contribution in [0.4, 0.5) is 0 Å². The van der Waals surface area contributed by atoms with Gasteiger partial charge in [0.1, 0.15) is 0 Å². The maximum atomic E-state index is 11.8. The number of esters is 1. The Labute approximate surface area is 140 Å². The molecule has 2 aromatic heterocycles. The smallest absolute Gasteiger partial charge is 0.337 e. The van der Waals surface area contributed by atoms with Crippen molar-refractivity contribution in [1.29, 1.82) is 0 Å². The molecule has 0 aliphatic rings. The van der Waals surface area contributed by atoms with Crippen molar-refractivity contribution in [2.24, 2.45) is 0 Å². The molecule has 1 atom stereocenters. The van der Waals surface area contributed by atoms with Crippen LogP contribution in [-0.4, -0.2) is 37.9 Å². The van der Waals surface area contributed by atoms with Crippen molar-refractivity contribution < 1.29 is 14.6 Å². The Morgan fingerprint density at radius 2 is 2.04 bits per heavy atom. The third-order valence-electron chi connectivity index (χ3n) is 3.32. The zero-order valence-electron chi connectivity index (χ0n) is 12.4. The molecule has 3 rings (SSSR count). The van der Waals surface area contributed by atoms with Gasteiger partial charge in [0, 0.05) is 17.8 Å². The van der Waals surface area contributed by atoms with Crippen molar-refractivity contribution in [3.8, 4) is 5.95 Å². The lowest BCUT2D eigenvalue weighted by molar-refractivity contribution is 0.0601. The molecule has 0 saturated heterocycles. The monoisotopic (exact) mass is 376 g/mol. The van der Waals surface area contributed by atoms with Crippen LogP contribution in [0.15, 0.2) is 35.1 Å². The molecule has 0 aliphatic heterocycles. The highest BCUT2D eigenvalue weighted by Gasteiger charge is 2.18. The summed E-state index contributed by atoms with van der Waals surface area (Å²) in [6.07, 6.45) is 2.43. The van der Waals surface area contributed by atoms with Crippen molar-refractivity contribution in [3.05, 3.63) is 46.3 Å². The largest absolute Gasteiger partial charge is 0.465 e. The van der Waals surface area contributed by atoms with Crippen LogP contribution < -0.4 is 0 Å². The van der Waals surface area contributed by atoms with E-state index in [2.05, 4.69) is 31.0 Å². The van der Waals surface area contributed by atoms with E-state index in [0.29, 0.717) is 22.7 Å². The highest BCUT2D eigenvalue weighted by molar-refractivity contribution is 9.10. The van der Waals surface area contributed by atoms with Gasteiger partial charge in [-0.2, -0.15) is 9.78 Å². The molecular formula is C15H13BrN4O3. The number of hydrogen-bond acceptors (Lipinski definition) is 6. The van der Waals surface area contributed by atoms with Gasteiger partial charge < -0.3 is 9.84 Å². The maximum Gasteiger partial charge on any atom is 0.337 e. The molecule has 0 aliphatic carbocycles. The van der Waals surface area contributed by atoms with E-state index < -0.39 is 12.1 Å². The van der Waals surface area contributed by atoms with Crippen LogP contribution in [0.3, 0.4) is 0 Å². The summed E-state index contributed by atoms with van der Waals surface area (Å²) in [5.74, 6) is -0.109. The lowest BCUT2D eigenvalue weighted by Crippen LogP contribution is -2.04. The number of aliphatic hydroxyl groups excluding tert-OH is 1. The standard InChI is InChI=1S/C15H13BrN4O3/c1-8(21)13-11-4-3-9(14(22)23-2)5-12(11)20(19-13)15-17-6-10(16)7-18-15/h3-8,21H,1-2H3. The molecule has 0 spiro atoms. The predicted octanol–water partition coefficient (Wildman–Crippen LogP) is 2.42. The van der Waals surface area contributed by atoms with Crippen molar-refractivity contribution in [3.63, 3.8) is 0 Å². The Hall–Kier alpha value is -2.32. The second-order valence-corrected chi connectivity index (χ2v) is 5.81. The summed E-state index contributed by atoms with van der Waals surface area (Å²) < 4.78 is 6.98. The number of aromatic nitrogens is 4. The Kier molecular flexibility index (Phi) is 4.10. The molecule has 118 valence electrons. The Bertz CT molecular complexity index is 874. The summed E-state index contributed by atoms with van der Waals surface area (Å²) in [4.78, 5) is 20.2. The summed E-state index contributed by atoms with van der Waals surface area (Å²) in [5.41, 5.74) is 1.49. The van der Waals surface area contributed by atoms with Gasteiger partial charge in [0.2, 0.25) is 0 Å². The average molecular weight is 377 g/mol. The summed E-state index contributed by atoms with van der Waals surface area (Å²) in [7, 11) is 1.32. The normalized spacial score (nSPS) is 12.3. The number of carbonyl (C=O) groups is 1. The minimum absolute atomic E-state index is 0.340. The van der Waals surface area contributed by atoms with Gasteiger partial charge in [0.05, 0.1) is 34.5 Å². The van der Waals surface area contributed by atoms with Crippen molar-refractivity contribution in [1.82, 2.24) is 19.7 Å². The maximum absolute atomic E-state index is 11.8. The van der Waals surface area contributed by atoms with Crippen molar-refractivity contribution in [2.75, 3.05) is 7.11 Å². The van der Waals surface area contributed by atoms with Crippen molar-refractivity contribution >= 4 is 32.8 Å². The number of rotatable bonds is 3. The molecule has 3 aromatic rings. The quantitative estimate of drug-likeness (QED) is 0.705. The van der Waals surface area contributed by atoms with E-state index in [0.717, 1.165) is 9.86 Å². The van der Waals surface area contributed by atoms with Crippen LogP contribution in [0.1, 0.15) is 29.1 Å². The zero-order chi connectivity index (χ0) is 16.6. The van der Waals surface area contributed by atoms with Crippen molar-refractivity contribution in [2.45, 2.75) is 13.0 Å². The highest BCUT2D eigenvalue weighted by Crippen LogP contribution is 2.26. The summed E-state index contributed by atoms with van der Waals surface area (Å²) in [5, 5.41) is 15.0. The van der Waals surface area contributed by atoms with Gasteiger partial charge in [-0.3, -0.25) is 0 Å². The van der Waals surface area contributed by atoms with Gasteiger partial charge in [-0.25, -0.2) is 14.8 Å². The summed E-state index contributed by atoms with van der Waals surface area (Å²) >= 11 is 3.28. The minimum atomic E-state index is -0.766. The number of fused-ring (bicyclic) bond motifs is 1. The van der Waals surface area contributed by atoms with Gasteiger partial charge in [-0.05, 0) is 41.1 Å². The van der Waals surface area contributed by atoms with E-state index >= 15 is 0 Å². The molecule has 0 fully saturated rings. The van der Waals surface area contributed by atoms with Crippen LogP contribution in [0.25, 0.3) is 16.9 Å². The molecule has 23 heavy (non-hydrogen) atoms. The second kappa shape index (κ2) is 6.05. The van der Waals surface area contributed by atoms with E-state index in [4.69, 9.17) is 4.74 Å². The molecule has 0 radical (unpaired) electrons. The second-order valence-electron chi connectivity index (χ2n) is 4.90. The minimum Gasteiger partial charge on any atom is -0.465 e. The number of ether oxygens (including phenoxy) is 1. The molecule has 0 bridgehead atoms. The molecule has 7 nitrogen and oxygen atoms in total. The van der Waals surface area contributed by atoms with E-state index in [1.54, 1.807) is 37.5 Å². The lowest BCUT2D eigenvalue weighted by atomic mass is 10.1. The van der Waals surface area contributed by atoms with Gasteiger partial charge in [-0.15, -0.1) is 0 Å². The number of hydrogen-bond donors (Lipinski definition) is 1. The Morgan fingerprint density at radius 1 is 1.35 bits per heavy atom. The fourth-order valence-corrected chi connectivity index (χ4v) is 2.46. The third-order valence-corrected chi connectivity index (χ3v) is 3.73. The fraction of sp³-hybridized carbons (Fsp3) is 0.200. The summed E-state index contributed by atoms with van der Waals surface area (Å²) in [6, 6.07) is 5.01. The molecule has 0 amide bonds. The van der Waals surface area contributed by atoms with Crippen LogP contribution in [0, 0.1) is 0 Å². The fourth-order valence-electron chi connectivity index (χ4n) is 2.26. The first-order valence-corrected chi connectivity index (χ1v) is 7.57. The van der Waals surface area contributed by atoms with E-state index in [9.17, 15) is 9.90 Å². The van der Waals surface area contributed by atoms with Gasteiger partial charge in [0.15, 0.2) is 0 Å². The SMILES string of the molecule is COC(=O)c1ccc2c(C(C)O)nn(-c3ncc(Br)cn3)c2c1. The number of carbonyl (C=O) groups excluding carboxylic acids is 1. The van der Waals surface area contributed by atoms with E-state index in [-0.39, 0.29) is 0 Å². The van der Waals surface area contributed by atoms with Gasteiger partial charge >= 0.3 is 5.97 Å². The molecule has 1 unspecified atom stereocenters. The number of benzene rings is 1. The van der Waals surface area contributed by atoms with Gasteiger partial charge in [0.25, 0.3) is 5.95 Å². The van der Waals surface area contributed by atoms with Crippen LogP contribution in [-0.2, 0) is 4.74 Å². The Morgan fingerprint density at radius 3 is 2.65 bits per heavy atom. The zero-order valence-corrected chi connectivity index (χ0v) is 14.0. The van der Waals surface area contributed by atoms with Crippen LogP contribution in [0.5, 0.6) is 0 Å². The topological polar surface area (TPSA) is 90.1 Å². The van der Waals surface area contributed by atoms with Crippen LogP contribution in [0.2, 0.25) is 0 Å². The third kappa shape index (κ3) is 2.82. The summed E-state index contributed by atoms with van der Waals surface area (Å²) in [6.45, 7) is 1.63. The number of aliphatic hydroxyl groups is 1. The molecular weight excluding hydrogens is 364 g/mol. The number of methoxy groups -OCH3 is 1. The van der Waals surface area contributed by atoms with E-state index in [1.807, 2.05) is 0 Å². The lowest BCUT2D eigenvalue weighted by Gasteiger charge is -2.03. The number of nitrogens with zero attached hydrogens (tertiary/aromatic N) is 4. The molecule has 2 heterocycles. The number of halogens is 1. The van der Waals surface area contributed by atoms with Gasteiger partial charge in [-0.1, -0.05) is 0 Å². The molecule has 1 N–H and O–H groups in total. The first kappa shape index (κ1) is 15.6. The molecule has 8 heteroatoms. The first-order valence-electron chi connectivity index (χ1n) is 6.78.